The molecule has 0 aromatic heterocycles. The van der Waals surface area contributed by atoms with Gasteiger partial charge in [0.25, 0.3) is 0 Å². The fraction of sp³-hybridized carbons (Fsp3) is 1.00. The van der Waals surface area contributed by atoms with Gasteiger partial charge in [0, 0.05) is 6.54 Å². The summed E-state index contributed by atoms with van der Waals surface area (Å²) in [4.78, 5) is 0. The molecule has 2 saturated carbocycles. The van der Waals surface area contributed by atoms with Gasteiger partial charge in [0.05, 0.1) is 0 Å². The largest absolute Gasteiger partial charge is 0.316 e. The Morgan fingerprint density at radius 2 is 1.79 bits per heavy atom. The smallest absolute Gasteiger partial charge is 0.00103 e. The van der Waals surface area contributed by atoms with Gasteiger partial charge < -0.3 is 5.32 Å². The fourth-order valence-electron chi connectivity index (χ4n) is 3.45. The van der Waals surface area contributed by atoms with Gasteiger partial charge in [0.1, 0.15) is 0 Å². The van der Waals surface area contributed by atoms with Crippen LogP contribution in [0.3, 0.4) is 0 Å². The van der Waals surface area contributed by atoms with E-state index in [0.29, 0.717) is 0 Å². The van der Waals surface area contributed by atoms with E-state index in [1.807, 2.05) is 0 Å². The molecule has 1 N–H and O–H groups in total. The van der Waals surface area contributed by atoms with Crippen molar-refractivity contribution in [3.8, 4) is 0 Å². The van der Waals surface area contributed by atoms with Crippen LogP contribution in [0.1, 0.15) is 58.3 Å². The molecule has 1 nitrogen and oxygen atoms in total. The summed E-state index contributed by atoms with van der Waals surface area (Å²) in [5.74, 6) is 1.06. The predicted octanol–water partition coefficient (Wildman–Crippen LogP) is 3.35. The third-order valence-electron chi connectivity index (χ3n) is 4.55. The second-order valence-electron chi connectivity index (χ2n) is 5.33. The Labute approximate surface area is 88.7 Å². The van der Waals surface area contributed by atoms with Crippen molar-refractivity contribution >= 4 is 0 Å². The van der Waals surface area contributed by atoms with Gasteiger partial charge >= 0.3 is 0 Å². The molecule has 0 amide bonds. The molecule has 0 saturated heterocycles. The summed E-state index contributed by atoms with van der Waals surface area (Å²) < 4.78 is 0. The Balaban J connectivity index is 1.89. The summed E-state index contributed by atoms with van der Waals surface area (Å²) in [6, 6.07) is 0. The van der Waals surface area contributed by atoms with Crippen molar-refractivity contribution in [3.63, 3.8) is 0 Å². The van der Waals surface area contributed by atoms with Crippen molar-refractivity contribution in [2.24, 2.45) is 11.3 Å². The molecule has 1 heteroatoms. The van der Waals surface area contributed by atoms with Gasteiger partial charge in [0.15, 0.2) is 0 Å². The van der Waals surface area contributed by atoms with Crippen molar-refractivity contribution in [1.82, 2.24) is 5.32 Å². The third kappa shape index (κ3) is 1.98. The number of rotatable bonds is 4. The monoisotopic (exact) mass is 195 g/mol. The van der Waals surface area contributed by atoms with E-state index in [9.17, 15) is 0 Å². The van der Waals surface area contributed by atoms with Crippen LogP contribution >= 0.6 is 0 Å². The quantitative estimate of drug-likeness (QED) is 0.725. The van der Waals surface area contributed by atoms with Crippen molar-refractivity contribution < 1.29 is 0 Å². The highest BCUT2D eigenvalue weighted by molar-refractivity contribution is 4.95. The van der Waals surface area contributed by atoms with Crippen molar-refractivity contribution in [2.45, 2.75) is 58.3 Å². The molecule has 0 radical (unpaired) electrons. The van der Waals surface area contributed by atoms with E-state index in [0.717, 1.165) is 17.9 Å². The standard InChI is InChI=1S/C13H25N/c1-2-14-11-13(9-6-10-13)12-7-4-3-5-8-12/h12,14H,2-11H2,1H3. The number of nitrogens with one attached hydrogen (secondary N) is 1. The van der Waals surface area contributed by atoms with Gasteiger partial charge in [-0.15, -0.1) is 0 Å². The van der Waals surface area contributed by atoms with Crippen molar-refractivity contribution in [3.05, 3.63) is 0 Å². The first-order valence-electron chi connectivity index (χ1n) is 6.58. The Kier molecular flexibility index (Phi) is 3.48. The second kappa shape index (κ2) is 4.65. The lowest BCUT2D eigenvalue weighted by molar-refractivity contribution is 0.0267. The molecule has 0 atom stereocenters. The average Bonchev–Trinajstić information content (AvgIpc) is 2.18. The van der Waals surface area contributed by atoms with E-state index in [1.165, 1.54) is 57.9 Å². The van der Waals surface area contributed by atoms with Crippen molar-refractivity contribution in [1.29, 1.82) is 0 Å². The van der Waals surface area contributed by atoms with Gasteiger partial charge in [0.2, 0.25) is 0 Å². The minimum Gasteiger partial charge on any atom is -0.316 e. The molecular weight excluding hydrogens is 170 g/mol. The normalized spacial score (nSPS) is 27.2. The second-order valence-corrected chi connectivity index (χ2v) is 5.33. The third-order valence-corrected chi connectivity index (χ3v) is 4.55. The molecule has 2 rings (SSSR count). The number of hydrogen-bond donors (Lipinski definition) is 1. The van der Waals surface area contributed by atoms with E-state index in [-0.39, 0.29) is 0 Å². The molecule has 0 aliphatic heterocycles. The molecule has 2 fully saturated rings. The molecule has 0 unspecified atom stereocenters. The lowest BCUT2D eigenvalue weighted by Gasteiger charge is -2.49. The molecule has 0 aromatic carbocycles. The first kappa shape index (κ1) is 10.5. The van der Waals surface area contributed by atoms with Crippen LogP contribution in [0.4, 0.5) is 0 Å². The highest BCUT2D eigenvalue weighted by atomic mass is 14.9. The summed E-state index contributed by atoms with van der Waals surface area (Å²) in [6.07, 6.45) is 12.0. The van der Waals surface area contributed by atoms with Crippen molar-refractivity contribution in [2.75, 3.05) is 13.1 Å². The fourth-order valence-corrected chi connectivity index (χ4v) is 3.45. The molecule has 2 aliphatic rings. The maximum absolute atomic E-state index is 3.59. The Hall–Kier alpha value is -0.0400. The summed E-state index contributed by atoms with van der Waals surface area (Å²) in [6.45, 7) is 4.68. The summed E-state index contributed by atoms with van der Waals surface area (Å²) in [5.41, 5.74) is 0.733. The lowest BCUT2D eigenvalue weighted by Crippen LogP contribution is -2.46. The average molecular weight is 195 g/mol. The van der Waals surface area contributed by atoms with E-state index < -0.39 is 0 Å². The van der Waals surface area contributed by atoms with E-state index in [4.69, 9.17) is 0 Å². The summed E-state index contributed by atoms with van der Waals surface area (Å²) >= 11 is 0. The maximum Gasteiger partial charge on any atom is 0.00103 e. The SMILES string of the molecule is CCNCC1(C2CCCCC2)CCC1. The molecule has 0 bridgehead atoms. The molecule has 2 aliphatic carbocycles. The van der Waals surface area contributed by atoms with Crippen LogP contribution in [0.25, 0.3) is 0 Å². The van der Waals surface area contributed by atoms with E-state index >= 15 is 0 Å². The highest BCUT2D eigenvalue weighted by Gasteiger charge is 2.43. The van der Waals surface area contributed by atoms with Crippen LogP contribution in [-0.2, 0) is 0 Å². The molecule has 82 valence electrons. The molecule has 0 spiro atoms. The van der Waals surface area contributed by atoms with Crippen LogP contribution in [0, 0.1) is 11.3 Å². The minimum atomic E-state index is 0.733. The van der Waals surface area contributed by atoms with Gasteiger partial charge in [-0.1, -0.05) is 32.6 Å². The van der Waals surface area contributed by atoms with Gasteiger partial charge in [-0.05, 0) is 43.6 Å². The molecule has 0 heterocycles. The highest BCUT2D eigenvalue weighted by Crippen LogP contribution is 2.51. The lowest BCUT2D eigenvalue weighted by atomic mass is 9.57. The molecule has 14 heavy (non-hydrogen) atoms. The molecular formula is C13H25N. The topological polar surface area (TPSA) is 12.0 Å². The Morgan fingerprint density at radius 1 is 1.07 bits per heavy atom. The molecule has 0 aromatic rings. The van der Waals surface area contributed by atoms with Crippen LogP contribution in [0.2, 0.25) is 0 Å². The number of hydrogen-bond acceptors (Lipinski definition) is 1. The first-order valence-corrected chi connectivity index (χ1v) is 6.58. The van der Waals surface area contributed by atoms with Crippen LogP contribution in [0.15, 0.2) is 0 Å². The van der Waals surface area contributed by atoms with Crippen LogP contribution < -0.4 is 5.32 Å². The van der Waals surface area contributed by atoms with Crippen LogP contribution in [-0.4, -0.2) is 13.1 Å². The van der Waals surface area contributed by atoms with E-state index in [1.54, 1.807) is 0 Å². The van der Waals surface area contributed by atoms with Crippen LogP contribution in [0.5, 0.6) is 0 Å². The van der Waals surface area contributed by atoms with E-state index in [2.05, 4.69) is 12.2 Å². The Bertz CT molecular complexity index is 166. The zero-order valence-corrected chi connectivity index (χ0v) is 9.65. The summed E-state index contributed by atoms with van der Waals surface area (Å²) in [7, 11) is 0. The van der Waals surface area contributed by atoms with Gasteiger partial charge in [-0.2, -0.15) is 0 Å². The predicted molar refractivity (Wildman–Crippen MR) is 61.4 cm³/mol. The Morgan fingerprint density at radius 3 is 2.29 bits per heavy atom. The van der Waals surface area contributed by atoms with Gasteiger partial charge in [-0.3, -0.25) is 0 Å². The zero-order chi connectivity index (χ0) is 9.86. The maximum atomic E-state index is 3.59. The first-order chi connectivity index (χ1) is 6.87. The summed E-state index contributed by atoms with van der Waals surface area (Å²) in [5, 5.41) is 3.59. The zero-order valence-electron chi connectivity index (χ0n) is 9.65. The minimum absolute atomic E-state index is 0.733. The van der Waals surface area contributed by atoms with Gasteiger partial charge in [-0.25, -0.2) is 0 Å².